The van der Waals surface area contributed by atoms with Crippen LogP contribution in [0.5, 0.6) is 5.75 Å². The number of aromatic hydroxyl groups is 1. The van der Waals surface area contributed by atoms with E-state index in [0.29, 0.717) is 16.5 Å². The number of nitriles is 1. The minimum atomic E-state index is -0.762. The molecule has 7 heteroatoms. The van der Waals surface area contributed by atoms with E-state index < -0.39 is 5.63 Å². The zero-order valence-corrected chi connectivity index (χ0v) is 12.1. The molecule has 0 aliphatic heterocycles. The topological polar surface area (TPSA) is 126 Å². The lowest BCUT2D eigenvalue weighted by Gasteiger charge is -2.06. The molecule has 0 saturated carbocycles. The Hall–Kier alpha value is -3.79. The first-order valence-corrected chi connectivity index (χ1v) is 6.95. The smallest absolute Gasteiger partial charge is 0.348 e. The molecule has 3 N–H and O–H groups in total. The molecule has 0 spiro atoms. The van der Waals surface area contributed by atoms with Crippen LogP contribution in [0.3, 0.4) is 0 Å². The van der Waals surface area contributed by atoms with Crippen molar-refractivity contribution in [2.45, 2.75) is 0 Å². The fraction of sp³-hybridized carbons (Fsp3) is 0. The van der Waals surface area contributed by atoms with Gasteiger partial charge < -0.3 is 19.8 Å². The van der Waals surface area contributed by atoms with Gasteiger partial charge in [0.15, 0.2) is 0 Å². The Morgan fingerprint density at radius 1 is 1.21 bits per heavy atom. The summed E-state index contributed by atoms with van der Waals surface area (Å²) in [6.07, 6.45) is 0. The molecule has 2 aromatic heterocycles. The van der Waals surface area contributed by atoms with Crippen molar-refractivity contribution in [1.29, 1.82) is 5.26 Å². The van der Waals surface area contributed by atoms with Gasteiger partial charge >= 0.3 is 11.4 Å². The van der Waals surface area contributed by atoms with Crippen LogP contribution < -0.4 is 11.4 Å². The van der Waals surface area contributed by atoms with Crippen LogP contribution in [0, 0.1) is 11.3 Å². The van der Waals surface area contributed by atoms with Gasteiger partial charge in [0.1, 0.15) is 23.1 Å². The van der Waals surface area contributed by atoms with Gasteiger partial charge in [-0.05, 0) is 6.07 Å². The third kappa shape index (κ3) is 1.77. The number of fused-ring (bicyclic) bond motifs is 3. The number of benzene rings is 2. The number of aromatic nitrogens is 1. The number of nitrogens with zero attached hydrogens (tertiary/aromatic N) is 2. The maximum atomic E-state index is 12.2. The molecule has 0 radical (unpaired) electrons. The summed E-state index contributed by atoms with van der Waals surface area (Å²) in [6.45, 7) is 0. The first-order chi connectivity index (χ1) is 11.6. The lowest BCUT2D eigenvalue weighted by molar-refractivity contribution is 0.379. The van der Waals surface area contributed by atoms with Crippen LogP contribution in [-0.4, -0.2) is 10.3 Å². The predicted octanol–water partition coefficient (Wildman–Crippen LogP) is 2.76. The van der Waals surface area contributed by atoms with Gasteiger partial charge in [-0.25, -0.2) is 4.79 Å². The highest BCUT2D eigenvalue weighted by Gasteiger charge is 2.22. The van der Waals surface area contributed by atoms with Gasteiger partial charge in [-0.15, -0.1) is 0 Å². The van der Waals surface area contributed by atoms with E-state index in [4.69, 9.17) is 19.9 Å². The van der Waals surface area contributed by atoms with E-state index in [1.54, 1.807) is 6.07 Å². The predicted molar refractivity (Wildman–Crippen MR) is 86.3 cm³/mol. The van der Waals surface area contributed by atoms with Crippen molar-refractivity contribution in [3.8, 4) is 23.1 Å². The van der Waals surface area contributed by atoms with Gasteiger partial charge in [-0.2, -0.15) is 5.26 Å². The first-order valence-electron chi connectivity index (χ1n) is 6.95. The number of phenolic OH excluding ortho intramolecular Hbond substituents is 1. The lowest BCUT2D eigenvalue weighted by Crippen LogP contribution is -2.05. The van der Waals surface area contributed by atoms with Crippen LogP contribution in [0.25, 0.3) is 33.2 Å². The Labute approximate surface area is 134 Å². The normalized spacial score (nSPS) is 11.0. The summed E-state index contributed by atoms with van der Waals surface area (Å²) >= 11 is 0. The van der Waals surface area contributed by atoms with Crippen molar-refractivity contribution >= 4 is 27.6 Å². The number of hydrogen-bond acceptors (Lipinski definition) is 7. The zero-order chi connectivity index (χ0) is 16.8. The highest BCUT2D eigenvalue weighted by Crippen LogP contribution is 2.38. The monoisotopic (exact) mass is 319 g/mol. The summed E-state index contributed by atoms with van der Waals surface area (Å²) in [5.41, 5.74) is 6.01. The van der Waals surface area contributed by atoms with E-state index in [0.717, 1.165) is 5.56 Å². The summed E-state index contributed by atoms with van der Waals surface area (Å²) in [5.74, 6) is -0.399. The van der Waals surface area contributed by atoms with Crippen LogP contribution in [0.1, 0.15) is 5.56 Å². The number of rotatable bonds is 1. The number of nitrogen functional groups attached to an aromatic ring is 1. The van der Waals surface area contributed by atoms with E-state index in [1.165, 1.54) is 6.07 Å². The molecule has 0 amide bonds. The molecule has 4 rings (SSSR count). The number of anilines is 1. The van der Waals surface area contributed by atoms with Gasteiger partial charge in [0, 0.05) is 10.9 Å². The van der Waals surface area contributed by atoms with Crippen molar-refractivity contribution in [2.75, 3.05) is 5.73 Å². The van der Waals surface area contributed by atoms with Gasteiger partial charge in [-0.3, -0.25) is 0 Å². The zero-order valence-electron chi connectivity index (χ0n) is 12.1. The largest absolute Gasteiger partial charge is 0.506 e. The minimum absolute atomic E-state index is 0.0113. The quantitative estimate of drug-likeness (QED) is 0.516. The molecule has 0 bridgehead atoms. The Balaban J connectivity index is 2.24. The van der Waals surface area contributed by atoms with Crippen LogP contribution in [-0.2, 0) is 0 Å². The molecule has 2 aromatic carbocycles. The summed E-state index contributed by atoms with van der Waals surface area (Å²) in [6, 6.07) is 12.2. The van der Waals surface area contributed by atoms with Gasteiger partial charge in [0.25, 0.3) is 0 Å². The molecule has 0 atom stereocenters. The molecule has 0 fully saturated rings. The molecule has 2 heterocycles. The van der Waals surface area contributed by atoms with E-state index in [1.807, 2.05) is 30.3 Å². The van der Waals surface area contributed by atoms with Crippen molar-refractivity contribution in [3.05, 3.63) is 52.4 Å². The van der Waals surface area contributed by atoms with E-state index in [2.05, 4.69) is 5.16 Å². The molecule has 24 heavy (non-hydrogen) atoms. The molecule has 0 aliphatic rings. The van der Waals surface area contributed by atoms with Gasteiger partial charge in [0.05, 0.1) is 16.5 Å². The van der Waals surface area contributed by atoms with Gasteiger partial charge in [0.2, 0.25) is 0 Å². The highest BCUT2D eigenvalue weighted by atomic mass is 16.6. The maximum absolute atomic E-state index is 12.2. The summed E-state index contributed by atoms with van der Waals surface area (Å²) < 4.78 is 10.3. The SMILES string of the molecule is N#Cc1c(O)cc2c(c1N)c(=O)oc1onc(-c3ccccc3)c12. The fourth-order valence-corrected chi connectivity index (χ4v) is 2.73. The summed E-state index contributed by atoms with van der Waals surface area (Å²) in [4.78, 5) is 12.2. The van der Waals surface area contributed by atoms with Gasteiger partial charge in [-0.1, -0.05) is 35.5 Å². The average molecular weight is 319 g/mol. The number of nitrogens with two attached hydrogens (primary N) is 1. The fourth-order valence-electron chi connectivity index (χ4n) is 2.73. The van der Waals surface area contributed by atoms with Crippen molar-refractivity contribution in [2.24, 2.45) is 0 Å². The number of hydrogen-bond donors (Lipinski definition) is 2. The maximum Gasteiger partial charge on any atom is 0.348 e. The molecule has 0 aliphatic carbocycles. The molecule has 0 saturated heterocycles. The standard InChI is InChI=1S/C17H9N3O4/c18-7-10-11(21)6-9-12(14(10)19)16(22)23-17-13(9)15(20-24-17)8-4-2-1-3-5-8/h1-6,21H,19H2. The second kappa shape index (κ2) is 4.86. The Morgan fingerprint density at radius 2 is 1.96 bits per heavy atom. The summed E-state index contributed by atoms with van der Waals surface area (Å²) in [7, 11) is 0. The van der Waals surface area contributed by atoms with Crippen LogP contribution in [0.4, 0.5) is 5.69 Å². The van der Waals surface area contributed by atoms with E-state index >= 15 is 0 Å². The second-order valence-electron chi connectivity index (χ2n) is 5.17. The lowest BCUT2D eigenvalue weighted by atomic mass is 10.0. The molecular formula is C17H9N3O4. The third-order valence-corrected chi connectivity index (χ3v) is 3.82. The molecule has 7 nitrogen and oxygen atoms in total. The molecule has 4 aromatic rings. The molecule has 0 unspecified atom stereocenters. The Morgan fingerprint density at radius 3 is 2.67 bits per heavy atom. The average Bonchev–Trinajstić information content (AvgIpc) is 2.99. The van der Waals surface area contributed by atoms with Crippen LogP contribution >= 0.6 is 0 Å². The van der Waals surface area contributed by atoms with E-state index in [-0.39, 0.29) is 28.2 Å². The molecule has 116 valence electrons. The minimum Gasteiger partial charge on any atom is -0.506 e. The van der Waals surface area contributed by atoms with E-state index in [9.17, 15) is 9.90 Å². The van der Waals surface area contributed by atoms with Crippen molar-refractivity contribution in [3.63, 3.8) is 0 Å². The Bertz CT molecular complexity index is 1200. The van der Waals surface area contributed by atoms with Crippen LogP contribution in [0.15, 0.2) is 50.1 Å². The second-order valence-corrected chi connectivity index (χ2v) is 5.17. The summed E-state index contributed by atoms with van der Waals surface area (Å²) in [5, 5.41) is 23.8. The molecular weight excluding hydrogens is 310 g/mol. The highest BCUT2D eigenvalue weighted by molar-refractivity contribution is 6.13. The number of phenols is 1. The van der Waals surface area contributed by atoms with Crippen molar-refractivity contribution in [1.82, 2.24) is 5.16 Å². The van der Waals surface area contributed by atoms with Crippen LogP contribution in [0.2, 0.25) is 0 Å². The first kappa shape index (κ1) is 13.8. The Kier molecular flexibility index (Phi) is 2.80. The van der Waals surface area contributed by atoms with Crippen molar-refractivity contribution < 1.29 is 14.0 Å². The third-order valence-electron chi connectivity index (χ3n) is 3.82.